The maximum absolute atomic E-state index is 13.0. The maximum atomic E-state index is 13.0. The van der Waals surface area contributed by atoms with Crippen LogP contribution in [0.1, 0.15) is 17.7 Å². The normalized spacial score (nSPS) is 11.7. The van der Waals surface area contributed by atoms with Gasteiger partial charge in [-0.1, -0.05) is 12.1 Å². The quantitative estimate of drug-likeness (QED) is 0.693. The van der Waals surface area contributed by atoms with Gasteiger partial charge in [-0.3, -0.25) is 13.8 Å². The molecule has 0 spiro atoms. The topological polar surface area (TPSA) is 105 Å². The average Bonchev–Trinajstić information content (AvgIpc) is 2.93. The first-order valence-corrected chi connectivity index (χ1v) is 9.73. The first-order valence-electron chi connectivity index (χ1n) is 8.29. The predicted molar refractivity (Wildman–Crippen MR) is 101 cm³/mol. The van der Waals surface area contributed by atoms with Gasteiger partial charge in [0, 0.05) is 32.1 Å². The number of hydrogen-bond acceptors (Lipinski definition) is 5. The van der Waals surface area contributed by atoms with E-state index in [2.05, 4.69) is 10.1 Å². The molecule has 27 heavy (non-hydrogen) atoms. The minimum Gasteiger partial charge on any atom is -0.481 e. The van der Waals surface area contributed by atoms with Gasteiger partial charge in [-0.05, 0) is 37.1 Å². The summed E-state index contributed by atoms with van der Waals surface area (Å²) in [5, 5.41) is 13.8. The summed E-state index contributed by atoms with van der Waals surface area (Å²) in [4.78, 5) is 15.1. The number of sulfonamides is 1. The number of anilines is 1. The van der Waals surface area contributed by atoms with Crippen molar-refractivity contribution >= 4 is 32.7 Å². The van der Waals surface area contributed by atoms with Crippen LogP contribution in [0.15, 0.2) is 41.4 Å². The molecule has 0 aliphatic carbocycles. The molecule has 0 aliphatic heterocycles. The highest BCUT2D eigenvalue weighted by molar-refractivity contribution is 7.92. The van der Waals surface area contributed by atoms with Crippen molar-refractivity contribution in [3.05, 3.63) is 47.8 Å². The Morgan fingerprint density at radius 1 is 1.30 bits per heavy atom. The Balaban J connectivity index is 1.96. The SMILES string of the molecule is Cc1nn(C)c2ncc(S(=O)(=O)N(C)c3cccc(CCC(=O)O)c3)cc12. The maximum Gasteiger partial charge on any atom is 0.303 e. The first kappa shape index (κ1) is 18.8. The minimum absolute atomic E-state index is 0.0131. The van der Waals surface area contributed by atoms with Gasteiger partial charge in [0.05, 0.1) is 11.4 Å². The van der Waals surface area contributed by atoms with Crippen molar-refractivity contribution in [3.63, 3.8) is 0 Å². The molecular formula is C18H20N4O4S. The molecule has 0 fully saturated rings. The number of aryl methyl sites for hydroxylation is 3. The van der Waals surface area contributed by atoms with Gasteiger partial charge in [-0.2, -0.15) is 5.10 Å². The molecule has 2 aromatic heterocycles. The lowest BCUT2D eigenvalue weighted by Gasteiger charge is -2.20. The van der Waals surface area contributed by atoms with Gasteiger partial charge in [0.1, 0.15) is 4.90 Å². The number of carbonyl (C=O) groups is 1. The van der Waals surface area contributed by atoms with Crippen LogP contribution in [0.3, 0.4) is 0 Å². The molecule has 1 N–H and O–H groups in total. The van der Waals surface area contributed by atoms with Crippen LogP contribution in [0, 0.1) is 6.92 Å². The first-order chi connectivity index (χ1) is 12.7. The molecule has 0 aliphatic rings. The molecule has 142 valence electrons. The number of hydrogen-bond donors (Lipinski definition) is 1. The number of fused-ring (bicyclic) bond motifs is 1. The van der Waals surface area contributed by atoms with Crippen LogP contribution in [0.4, 0.5) is 5.69 Å². The van der Waals surface area contributed by atoms with Crippen LogP contribution >= 0.6 is 0 Å². The molecule has 8 nitrogen and oxygen atoms in total. The van der Waals surface area contributed by atoms with E-state index in [1.807, 2.05) is 0 Å². The highest BCUT2D eigenvalue weighted by Gasteiger charge is 2.23. The largest absolute Gasteiger partial charge is 0.481 e. The molecule has 0 radical (unpaired) electrons. The van der Waals surface area contributed by atoms with E-state index >= 15 is 0 Å². The number of nitrogens with zero attached hydrogens (tertiary/aromatic N) is 4. The van der Waals surface area contributed by atoms with Crippen molar-refractivity contribution in [1.82, 2.24) is 14.8 Å². The van der Waals surface area contributed by atoms with Gasteiger partial charge in [-0.25, -0.2) is 13.4 Å². The highest BCUT2D eigenvalue weighted by atomic mass is 32.2. The van der Waals surface area contributed by atoms with E-state index in [1.165, 1.54) is 17.5 Å². The highest BCUT2D eigenvalue weighted by Crippen LogP contribution is 2.25. The molecule has 0 saturated heterocycles. The van der Waals surface area contributed by atoms with Gasteiger partial charge in [-0.15, -0.1) is 0 Å². The summed E-state index contributed by atoms with van der Waals surface area (Å²) in [6, 6.07) is 8.42. The third-order valence-electron chi connectivity index (χ3n) is 4.40. The summed E-state index contributed by atoms with van der Waals surface area (Å²) >= 11 is 0. The zero-order valence-corrected chi connectivity index (χ0v) is 16.1. The van der Waals surface area contributed by atoms with Crippen molar-refractivity contribution in [2.75, 3.05) is 11.4 Å². The molecule has 2 heterocycles. The van der Waals surface area contributed by atoms with Gasteiger partial charge >= 0.3 is 5.97 Å². The molecule has 0 saturated carbocycles. The molecule has 0 amide bonds. The molecule has 9 heteroatoms. The number of pyridine rings is 1. The van der Waals surface area contributed by atoms with Crippen LogP contribution in [-0.2, 0) is 28.3 Å². The van der Waals surface area contributed by atoms with Crippen molar-refractivity contribution < 1.29 is 18.3 Å². The average molecular weight is 388 g/mol. The van der Waals surface area contributed by atoms with E-state index < -0.39 is 16.0 Å². The Kier molecular flexibility index (Phi) is 4.88. The van der Waals surface area contributed by atoms with Crippen LogP contribution in [0.25, 0.3) is 11.0 Å². The number of benzene rings is 1. The van der Waals surface area contributed by atoms with E-state index in [4.69, 9.17) is 5.11 Å². The van der Waals surface area contributed by atoms with Crippen LogP contribution in [0.5, 0.6) is 0 Å². The summed E-state index contributed by atoms with van der Waals surface area (Å²) in [5.41, 5.74) is 2.54. The Morgan fingerprint density at radius 2 is 2.04 bits per heavy atom. The van der Waals surface area contributed by atoms with E-state index in [0.29, 0.717) is 28.8 Å². The van der Waals surface area contributed by atoms with Crippen molar-refractivity contribution in [3.8, 4) is 0 Å². The van der Waals surface area contributed by atoms with Crippen molar-refractivity contribution in [1.29, 1.82) is 0 Å². The lowest BCUT2D eigenvalue weighted by Crippen LogP contribution is -2.26. The second kappa shape index (κ2) is 6.99. The van der Waals surface area contributed by atoms with Gasteiger partial charge < -0.3 is 5.11 Å². The Hall–Kier alpha value is -2.94. The van der Waals surface area contributed by atoms with Crippen LogP contribution in [-0.4, -0.2) is 41.3 Å². The number of aromatic nitrogens is 3. The Morgan fingerprint density at radius 3 is 2.74 bits per heavy atom. The second-order valence-electron chi connectivity index (χ2n) is 6.29. The van der Waals surface area contributed by atoms with E-state index in [-0.39, 0.29) is 11.3 Å². The molecule has 0 bridgehead atoms. The smallest absolute Gasteiger partial charge is 0.303 e. The Labute approximate surface area is 157 Å². The lowest BCUT2D eigenvalue weighted by atomic mass is 10.1. The number of rotatable bonds is 6. The van der Waals surface area contributed by atoms with Crippen molar-refractivity contribution in [2.24, 2.45) is 7.05 Å². The molecule has 3 rings (SSSR count). The summed E-state index contributed by atoms with van der Waals surface area (Å²) in [7, 11) is -0.602. The summed E-state index contributed by atoms with van der Waals surface area (Å²) in [6.45, 7) is 1.80. The number of carboxylic acids is 1. The predicted octanol–water partition coefficient (Wildman–Crippen LogP) is 2.12. The molecule has 0 unspecified atom stereocenters. The number of carboxylic acid groups (broad SMARTS) is 1. The van der Waals surface area contributed by atoms with E-state index in [1.54, 1.807) is 49.0 Å². The van der Waals surface area contributed by atoms with Crippen LogP contribution in [0.2, 0.25) is 0 Å². The third-order valence-corrected chi connectivity index (χ3v) is 6.15. The monoisotopic (exact) mass is 388 g/mol. The summed E-state index contributed by atoms with van der Waals surface area (Å²) < 4.78 is 28.9. The van der Waals surface area contributed by atoms with Crippen LogP contribution < -0.4 is 4.31 Å². The zero-order chi connectivity index (χ0) is 19.8. The number of aliphatic carboxylic acids is 1. The zero-order valence-electron chi connectivity index (χ0n) is 15.2. The molecule has 1 aromatic carbocycles. The fraction of sp³-hybridized carbons (Fsp3) is 0.278. The third kappa shape index (κ3) is 3.63. The minimum atomic E-state index is -3.82. The Bertz CT molecular complexity index is 1120. The second-order valence-corrected chi connectivity index (χ2v) is 8.26. The fourth-order valence-corrected chi connectivity index (χ4v) is 4.05. The van der Waals surface area contributed by atoms with Crippen molar-refractivity contribution in [2.45, 2.75) is 24.7 Å². The van der Waals surface area contributed by atoms with Gasteiger partial charge in [0.2, 0.25) is 0 Å². The van der Waals surface area contributed by atoms with Gasteiger partial charge in [0.15, 0.2) is 5.65 Å². The molecular weight excluding hydrogens is 368 g/mol. The van der Waals surface area contributed by atoms with E-state index in [0.717, 1.165) is 5.56 Å². The standard InChI is InChI=1S/C18H20N4O4S/c1-12-16-10-15(11-19-18(16)21(2)20-12)27(25,26)22(3)14-6-4-5-13(9-14)7-8-17(23)24/h4-6,9-11H,7-8H2,1-3H3,(H,23,24). The summed E-state index contributed by atoms with van der Waals surface area (Å²) in [6.07, 6.45) is 1.64. The van der Waals surface area contributed by atoms with E-state index in [9.17, 15) is 13.2 Å². The summed E-state index contributed by atoms with van der Waals surface area (Å²) in [5.74, 6) is -0.896. The lowest BCUT2D eigenvalue weighted by molar-refractivity contribution is -0.136. The molecule has 3 aromatic rings. The fourth-order valence-electron chi connectivity index (χ4n) is 2.89. The van der Waals surface area contributed by atoms with Gasteiger partial charge in [0.25, 0.3) is 10.0 Å². The molecule has 0 atom stereocenters.